The van der Waals surface area contributed by atoms with Gasteiger partial charge < -0.3 is 33.9 Å². The summed E-state index contributed by atoms with van der Waals surface area (Å²) in [5.41, 5.74) is 4.49. The van der Waals surface area contributed by atoms with Crippen LogP contribution in [-0.4, -0.2) is 107 Å². The highest BCUT2D eigenvalue weighted by molar-refractivity contribution is 7.52. The molecule has 19 heteroatoms. The van der Waals surface area contributed by atoms with Crippen LogP contribution in [0, 0.1) is 23.2 Å². The van der Waals surface area contributed by atoms with Crippen LogP contribution >= 0.6 is 7.75 Å². The Labute approximate surface area is 319 Å². The van der Waals surface area contributed by atoms with Crippen LogP contribution < -0.4 is 15.3 Å². The minimum absolute atomic E-state index is 0.115. The number of rotatable bonds is 17. The summed E-state index contributed by atoms with van der Waals surface area (Å²) in [4.78, 5) is 45.7. The zero-order valence-electron chi connectivity index (χ0n) is 31.5. The van der Waals surface area contributed by atoms with Gasteiger partial charge in [0.2, 0.25) is 5.60 Å². The van der Waals surface area contributed by atoms with Gasteiger partial charge in [-0.3, -0.25) is 23.8 Å². The first-order chi connectivity index (χ1) is 26.3. The molecule has 3 aromatic rings. The van der Waals surface area contributed by atoms with Gasteiger partial charge >= 0.3 is 25.7 Å². The summed E-state index contributed by atoms with van der Waals surface area (Å²) in [7, 11) is -4.58. The van der Waals surface area contributed by atoms with Crippen LogP contribution in [0.1, 0.15) is 52.8 Å². The lowest BCUT2D eigenvalue weighted by Crippen LogP contribution is -2.50. The summed E-state index contributed by atoms with van der Waals surface area (Å²) >= 11 is 0. The van der Waals surface area contributed by atoms with Gasteiger partial charge in [0.1, 0.15) is 42.4 Å². The van der Waals surface area contributed by atoms with E-state index < -0.39 is 74.1 Å². The van der Waals surface area contributed by atoms with E-state index in [0.29, 0.717) is 31.7 Å². The maximum atomic E-state index is 14.6. The Morgan fingerprint density at radius 3 is 2.40 bits per heavy atom. The van der Waals surface area contributed by atoms with Crippen molar-refractivity contribution in [3.63, 3.8) is 0 Å². The van der Waals surface area contributed by atoms with Crippen LogP contribution in [0.4, 0.5) is 5.82 Å². The predicted octanol–water partition coefficient (Wildman–Crippen LogP) is 3.23. The van der Waals surface area contributed by atoms with Gasteiger partial charge in [-0.25, -0.2) is 14.1 Å². The van der Waals surface area contributed by atoms with Gasteiger partial charge in [-0.05, 0) is 37.6 Å². The molecule has 1 aromatic carbocycles. The maximum absolute atomic E-state index is 14.6. The monoisotopic (exact) mass is 785 g/mol. The molecule has 2 unspecified atom stereocenters. The third-order valence-electron chi connectivity index (χ3n) is 8.91. The summed E-state index contributed by atoms with van der Waals surface area (Å²) < 4.78 is 56.8. The maximum Gasteiger partial charge on any atom is 0.459 e. The molecule has 2 aliphatic rings. The van der Waals surface area contributed by atoms with Crippen molar-refractivity contribution in [3.05, 3.63) is 54.5 Å². The Balaban J connectivity index is 1.44. The summed E-state index contributed by atoms with van der Waals surface area (Å²) in [5, 5.41) is 17.8. The molecular formula is C36H48N7O11P. The number of morpholine rings is 1. The highest BCUT2D eigenvalue weighted by atomic mass is 31.2. The fraction of sp³-hybridized carbons (Fsp3) is 0.556. The summed E-state index contributed by atoms with van der Waals surface area (Å²) in [5.74, 6) is -3.17. The minimum atomic E-state index is -4.58. The Bertz CT molecular complexity index is 1880. The molecule has 6 atom stereocenters. The molecule has 0 spiro atoms. The lowest BCUT2D eigenvalue weighted by molar-refractivity contribution is -0.173. The number of nitrogens with one attached hydrogen (secondary N) is 1. The molecule has 298 valence electrons. The van der Waals surface area contributed by atoms with Crippen LogP contribution in [0.15, 0.2) is 48.8 Å². The van der Waals surface area contributed by atoms with Gasteiger partial charge in [0.15, 0.2) is 18.0 Å². The SMILES string of the molecule is CC(C)C(=O)O[C@H]1[C@H](c2ccc3c(N)ncnn23)O[C@](C#N)(COP(=O)(NC(C)C(=O)OCCCN2CCOCC2)Oc2ccccc2)[C@H]1OC(=O)C(C)C. The molecule has 0 aliphatic carbocycles. The van der Waals surface area contributed by atoms with Crippen molar-refractivity contribution in [2.75, 3.05) is 51.8 Å². The molecule has 4 heterocycles. The highest BCUT2D eigenvalue weighted by Crippen LogP contribution is 2.50. The van der Waals surface area contributed by atoms with Gasteiger partial charge in [0.05, 0.1) is 37.4 Å². The lowest BCUT2D eigenvalue weighted by atomic mass is 9.95. The molecule has 0 bridgehead atoms. The lowest BCUT2D eigenvalue weighted by Gasteiger charge is -2.31. The molecule has 3 N–H and O–H groups in total. The molecule has 0 radical (unpaired) electrons. The van der Waals surface area contributed by atoms with E-state index in [1.54, 1.807) is 58.0 Å². The number of carbonyl (C=O) groups excluding carboxylic acids is 3. The molecule has 2 aromatic heterocycles. The topological polar surface area (TPSA) is 228 Å². The van der Waals surface area contributed by atoms with E-state index >= 15 is 0 Å². The average Bonchev–Trinajstić information content (AvgIpc) is 3.73. The first kappa shape index (κ1) is 41.5. The van der Waals surface area contributed by atoms with E-state index in [0.717, 1.165) is 13.1 Å². The molecule has 2 saturated heterocycles. The van der Waals surface area contributed by atoms with E-state index in [9.17, 15) is 24.2 Å². The third-order valence-corrected chi connectivity index (χ3v) is 10.5. The molecule has 2 fully saturated rings. The number of nitrogen functional groups attached to an aromatic ring is 1. The predicted molar refractivity (Wildman–Crippen MR) is 195 cm³/mol. The van der Waals surface area contributed by atoms with Crippen LogP contribution in [0.2, 0.25) is 0 Å². The van der Waals surface area contributed by atoms with Crippen LogP contribution in [-0.2, 0) is 47.2 Å². The zero-order chi connectivity index (χ0) is 39.8. The normalized spacial score (nSPS) is 23.2. The largest absolute Gasteiger partial charge is 0.464 e. The molecule has 2 aliphatic heterocycles. The van der Waals surface area contributed by atoms with E-state index in [1.807, 2.05) is 6.07 Å². The summed E-state index contributed by atoms with van der Waals surface area (Å²) in [6.45, 7) is 10.7. The van der Waals surface area contributed by atoms with E-state index in [4.69, 9.17) is 38.5 Å². The van der Waals surface area contributed by atoms with Gasteiger partial charge in [-0.2, -0.15) is 15.4 Å². The Morgan fingerprint density at radius 1 is 1.04 bits per heavy atom. The zero-order valence-corrected chi connectivity index (χ0v) is 32.4. The first-order valence-corrected chi connectivity index (χ1v) is 19.6. The van der Waals surface area contributed by atoms with Crippen molar-refractivity contribution in [2.45, 2.75) is 71.0 Å². The number of fused-ring (bicyclic) bond motifs is 1. The number of para-hydroxylation sites is 1. The molecule has 18 nitrogen and oxygen atoms in total. The number of benzene rings is 1. The van der Waals surface area contributed by atoms with E-state index in [2.05, 4.69) is 20.1 Å². The van der Waals surface area contributed by atoms with Gasteiger partial charge in [0.25, 0.3) is 0 Å². The average molecular weight is 786 g/mol. The van der Waals surface area contributed by atoms with Crippen LogP contribution in [0.3, 0.4) is 0 Å². The number of esters is 3. The molecular weight excluding hydrogens is 737 g/mol. The molecule has 55 heavy (non-hydrogen) atoms. The fourth-order valence-electron chi connectivity index (χ4n) is 5.85. The van der Waals surface area contributed by atoms with Crippen LogP contribution in [0.25, 0.3) is 5.52 Å². The van der Waals surface area contributed by atoms with Crippen LogP contribution in [0.5, 0.6) is 5.75 Å². The quantitative estimate of drug-likeness (QED) is 0.0866. The molecule has 0 saturated carbocycles. The second kappa shape index (κ2) is 18.3. The Hall–Kier alpha value is -4.63. The number of carbonyl (C=O) groups is 3. The van der Waals surface area contributed by atoms with Crippen molar-refractivity contribution in [2.24, 2.45) is 11.8 Å². The number of anilines is 1. The molecule has 0 amide bonds. The standard InChI is InChI=1S/C36H48N7O11P/c1-23(2)33(44)51-30-29(27-12-13-28-32(38)39-22-40-43(27)28)53-36(20-37,31(30)52-34(45)24(3)4)21-50-55(47,54-26-10-7-6-8-11-26)41-25(5)35(46)49-17-9-14-42-15-18-48-19-16-42/h6-8,10-13,22-25,29-31H,9,14-19,21H2,1-5H3,(H,41,47)(H2,38,39,40)/t25?,29-,30-,31-,36+,55?/m0/s1. The number of hydrogen-bond acceptors (Lipinski definition) is 16. The highest BCUT2D eigenvalue weighted by Gasteiger charge is 2.62. The van der Waals surface area contributed by atoms with Crippen molar-refractivity contribution in [1.29, 1.82) is 5.26 Å². The van der Waals surface area contributed by atoms with Crippen molar-refractivity contribution >= 4 is 37.0 Å². The van der Waals surface area contributed by atoms with Gasteiger partial charge in [-0.15, -0.1) is 0 Å². The minimum Gasteiger partial charge on any atom is -0.464 e. The second-order valence-electron chi connectivity index (χ2n) is 13.8. The van der Waals surface area contributed by atoms with E-state index in [-0.39, 0.29) is 23.9 Å². The number of ether oxygens (including phenoxy) is 5. The van der Waals surface area contributed by atoms with E-state index in [1.165, 1.54) is 29.9 Å². The number of nitrogens with zero attached hydrogens (tertiary/aromatic N) is 5. The second-order valence-corrected chi connectivity index (χ2v) is 15.5. The Morgan fingerprint density at radius 2 is 1.73 bits per heavy atom. The van der Waals surface area contributed by atoms with Crippen molar-refractivity contribution < 1.29 is 51.7 Å². The number of hydrogen-bond donors (Lipinski definition) is 2. The smallest absolute Gasteiger partial charge is 0.459 e. The third kappa shape index (κ3) is 10.2. The fourth-order valence-corrected chi connectivity index (χ4v) is 7.37. The Kier molecular flexibility index (Phi) is 13.8. The first-order valence-electron chi connectivity index (χ1n) is 18.1. The van der Waals surface area contributed by atoms with Crippen molar-refractivity contribution in [3.8, 4) is 11.8 Å². The summed E-state index contributed by atoms with van der Waals surface area (Å²) in [6, 6.07) is 12.1. The number of nitrogens with two attached hydrogens (primary N) is 1. The van der Waals surface area contributed by atoms with Gasteiger partial charge in [0, 0.05) is 19.6 Å². The van der Waals surface area contributed by atoms with Gasteiger partial charge in [-0.1, -0.05) is 45.9 Å². The molecule has 5 rings (SSSR count). The number of aromatic nitrogens is 3. The van der Waals surface area contributed by atoms with Crippen molar-refractivity contribution in [1.82, 2.24) is 24.6 Å². The number of nitriles is 1. The summed E-state index contributed by atoms with van der Waals surface area (Å²) in [6.07, 6.45) is -2.55.